The number of carbonyl (C=O) groups excluding carboxylic acids is 3. The Kier molecular flexibility index (Phi) is 5.75. The van der Waals surface area contributed by atoms with Crippen LogP contribution in [0.15, 0.2) is 24.3 Å². The SMILES string of the molecule is CCc1cccc(N2C[C@H](C(=O)N3CCN(C(=O)CC#N)CC3)CC2=O)c1. The molecule has 2 saturated heterocycles. The number of benzene rings is 1. The van der Waals surface area contributed by atoms with Gasteiger partial charge < -0.3 is 14.7 Å². The summed E-state index contributed by atoms with van der Waals surface area (Å²) in [6, 6.07) is 9.74. The Morgan fingerprint density at radius 1 is 1.19 bits per heavy atom. The molecule has 2 aliphatic rings. The van der Waals surface area contributed by atoms with Gasteiger partial charge in [0.2, 0.25) is 17.7 Å². The van der Waals surface area contributed by atoms with Gasteiger partial charge in [-0.25, -0.2) is 0 Å². The van der Waals surface area contributed by atoms with Crippen LogP contribution in [-0.2, 0) is 20.8 Å². The third-order valence-electron chi connectivity index (χ3n) is 5.28. The first-order chi connectivity index (χ1) is 13.0. The minimum Gasteiger partial charge on any atom is -0.339 e. The number of carbonyl (C=O) groups is 3. The molecule has 0 N–H and O–H groups in total. The van der Waals surface area contributed by atoms with Gasteiger partial charge in [-0.3, -0.25) is 14.4 Å². The second-order valence-electron chi connectivity index (χ2n) is 6.97. The Morgan fingerprint density at radius 3 is 2.56 bits per heavy atom. The average molecular weight is 368 g/mol. The smallest absolute Gasteiger partial charge is 0.236 e. The second kappa shape index (κ2) is 8.21. The molecule has 0 radical (unpaired) electrons. The van der Waals surface area contributed by atoms with Gasteiger partial charge in [0.05, 0.1) is 12.0 Å². The maximum atomic E-state index is 12.8. The topological polar surface area (TPSA) is 84.7 Å². The minimum atomic E-state index is -0.343. The van der Waals surface area contributed by atoms with Crippen molar-refractivity contribution in [1.29, 1.82) is 5.26 Å². The molecule has 0 unspecified atom stereocenters. The van der Waals surface area contributed by atoms with Gasteiger partial charge in [-0.15, -0.1) is 0 Å². The Morgan fingerprint density at radius 2 is 1.89 bits per heavy atom. The molecule has 0 saturated carbocycles. The lowest BCUT2D eigenvalue weighted by Crippen LogP contribution is -2.52. The fraction of sp³-hybridized carbons (Fsp3) is 0.500. The number of rotatable bonds is 4. The Bertz CT molecular complexity index is 778. The van der Waals surface area contributed by atoms with Gasteiger partial charge in [0.15, 0.2) is 0 Å². The van der Waals surface area contributed by atoms with Crippen molar-refractivity contribution in [3.05, 3.63) is 29.8 Å². The van der Waals surface area contributed by atoms with E-state index < -0.39 is 0 Å². The molecule has 7 nitrogen and oxygen atoms in total. The largest absolute Gasteiger partial charge is 0.339 e. The second-order valence-corrected chi connectivity index (χ2v) is 6.97. The van der Waals surface area contributed by atoms with Gasteiger partial charge in [0, 0.05) is 44.8 Å². The van der Waals surface area contributed by atoms with E-state index in [1.54, 1.807) is 14.7 Å². The first kappa shape index (κ1) is 18.9. The summed E-state index contributed by atoms with van der Waals surface area (Å²) in [4.78, 5) is 42.1. The third kappa shape index (κ3) is 4.11. The molecule has 2 fully saturated rings. The molecule has 0 aliphatic carbocycles. The molecular weight excluding hydrogens is 344 g/mol. The van der Waals surface area contributed by atoms with Crippen LogP contribution in [0.2, 0.25) is 0 Å². The molecule has 142 valence electrons. The van der Waals surface area contributed by atoms with Gasteiger partial charge in [-0.2, -0.15) is 5.26 Å². The number of anilines is 1. The molecule has 2 heterocycles. The van der Waals surface area contributed by atoms with E-state index in [2.05, 4.69) is 6.92 Å². The lowest BCUT2D eigenvalue weighted by molar-refractivity contribution is -0.141. The van der Waals surface area contributed by atoms with Crippen molar-refractivity contribution in [2.45, 2.75) is 26.2 Å². The summed E-state index contributed by atoms with van der Waals surface area (Å²) in [5.74, 6) is -0.582. The highest BCUT2D eigenvalue weighted by Crippen LogP contribution is 2.27. The summed E-state index contributed by atoms with van der Waals surface area (Å²) < 4.78 is 0. The van der Waals surface area contributed by atoms with E-state index in [1.807, 2.05) is 30.3 Å². The molecule has 3 rings (SSSR count). The molecule has 1 aromatic carbocycles. The summed E-state index contributed by atoms with van der Waals surface area (Å²) in [6.45, 7) is 4.25. The quantitative estimate of drug-likeness (QED) is 0.799. The first-order valence-corrected chi connectivity index (χ1v) is 9.36. The van der Waals surface area contributed by atoms with Crippen molar-refractivity contribution in [2.24, 2.45) is 5.92 Å². The Hall–Kier alpha value is -2.88. The van der Waals surface area contributed by atoms with E-state index in [4.69, 9.17) is 5.26 Å². The zero-order valence-corrected chi connectivity index (χ0v) is 15.6. The predicted molar refractivity (Wildman–Crippen MR) is 99.7 cm³/mol. The lowest BCUT2D eigenvalue weighted by atomic mass is 10.1. The van der Waals surface area contributed by atoms with Crippen LogP contribution in [0, 0.1) is 17.2 Å². The molecular formula is C20H24N4O3. The van der Waals surface area contributed by atoms with Gasteiger partial charge in [-0.05, 0) is 24.1 Å². The highest BCUT2D eigenvalue weighted by Gasteiger charge is 2.38. The molecule has 0 bridgehead atoms. The summed E-state index contributed by atoms with van der Waals surface area (Å²) in [7, 11) is 0. The maximum Gasteiger partial charge on any atom is 0.236 e. The van der Waals surface area contributed by atoms with Crippen LogP contribution in [0.25, 0.3) is 0 Å². The Balaban J connectivity index is 1.60. The number of amides is 3. The third-order valence-corrected chi connectivity index (χ3v) is 5.28. The number of hydrogen-bond acceptors (Lipinski definition) is 4. The molecule has 2 aliphatic heterocycles. The number of hydrogen-bond donors (Lipinski definition) is 0. The normalized spacial score (nSPS) is 19.9. The fourth-order valence-electron chi connectivity index (χ4n) is 3.68. The van der Waals surface area contributed by atoms with Crippen LogP contribution in [0.1, 0.15) is 25.3 Å². The summed E-state index contributed by atoms with van der Waals surface area (Å²) >= 11 is 0. The molecule has 1 aromatic rings. The van der Waals surface area contributed by atoms with Gasteiger partial charge >= 0.3 is 0 Å². The van der Waals surface area contributed by atoms with Crippen molar-refractivity contribution in [3.8, 4) is 6.07 Å². The zero-order valence-electron chi connectivity index (χ0n) is 15.6. The number of nitriles is 1. The molecule has 3 amide bonds. The van der Waals surface area contributed by atoms with E-state index in [1.165, 1.54) is 0 Å². The molecule has 0 spiro atoms. The van der Waals surface area contributed by atoms with E-state index in [-0.39, 0.29) is 36.5 Å². The number of piperazine rings is 1. The molecule has 7 heteroatoms. The summed E-state index contributed by atoms with van der Waals surface area (Å²) in [5, 5.41) is 8.63. The van der Waals surface area contributed by atoms with Crippen LogP contribution in [-0.4, -0.2) is 60.2 Å². The zero-order chi connectivity index (χ0) is 19.4. The van der Waals surface area contributed by atoms with Crippen LogP contribution in [0.5, 0.6) is 0 Å². The number of nitrogens with zero attached hydrogens (tertiary/aromatic N) is 4. The van der Waals surface area contributed by atoms with E-state index >= 15 is 0 Å². The van der Waals surface area contributed by atoms with Crippen LogP contribution < -0.4 is 4.90 Å². The summed E-state index contributed by atoms with van der Waals surface area (Å²) in [6.07, 6.45) is 0.993. The van der Waals surface area contributed by atoms with Gasteiger partial charge in [0.1, 0.15) is 6.42 Å². The fourth-order valence-corrected chi connectivity index (χ4v) is 3.68. The maximum absolute atomic E-state index is 12.8. The van der Waals surface area contributed by atoms with Crippen LogP contribution in [0.3, 0.4) is 0 Å². The summed E-state index contributed by atoms with van der Waals surface area (Å²) in [5.41, 5.74) is 2.01. The molecule has 27 heavy (non-hydrogen) atoms. The van der Waals surface area contributed by atoms with Crippen molar-refractivity contribution < 1.29 is 14.4 Å². The standard InChI is InChI=1S/C20H24N4O3/c1-2-15-4-3-5-17(12-15)24-14-16(13-19(24)26)20(27)23-10-8-22(9-11-23)18(25)6-7-21/h3-5,12,16H,2,6,8-11,13-14H2,1H3/t16-/m1/s1. The molecule has 0 aromatic heterocycles. The minimum absolute atomic E-state index is 0.0233. The monoisotopic (exact) mass is 368 g/mol. The number of aryl methyl sites for hydroxylation is 1. The van der Waals surface area contributed by atoms with E-state index in [9.17, 15) is 14.4 Å². The highest BCUT2D eigenvalue weighted by atomic mass is 16.2. The van der Waals surface area contributed by atoms with Crippen LogP contribution >= 0.6 is 0 Å². The van der Waals surface area contributed by atoms with Crippen molar-refractivity contribution in [2.75, 3.05) is 37.6 Å². The van der Waals surface area contributed by atoms with Gasteiger partial charge in [-0.1, -0.05) is 19.1 Å². The van der Waals surface area contributed by atoms with E-state index in [0.29, 0.717) is 32.7 Å². The first-order valence-electron chi connectivity index (χ1n) is 9.36. The molecule has 1 atom stereocenters. The predicted octanol–water partition coefficient (Wildman–Crippen LogP) is 1.19. The van der Waals surface area contributed by atoms with Gasteiger partial charge in [0.25, 0.3) is 0 Å². The van der Waals surface area contributed by atoms with Crippen LogP contribution in [0.4, 0.5) is 5.69 Å². The van der Waals surface area contributed by atoms with Crippen molar-refractivity contribution in [3.63, 3.8) is 0 Å². The lowest BCUT2D eigenvalue weighted by Gasteiger charge is -2.35. The Labute approximate surface area is 159 Å². The average Bonchev–Trinajstić information content (AvgIpc) is 3.09. The van der Waals surface area contributed by atoms with E-state index in [0.717, 1.165) is 17.7 Å². The highest BCUT2D eigenvalue weighted by molar-refractivity contribution is 6.00. The van der Waals surface area contributed by atoms with Crippen molar-refractivity contribution >= 4 is 23.4 Å². The van der Waals surface area contributed by atoms with Crippen molar-refractivity contribution in [1.82, 2.24) is 9.80 Å².